The van der Waals surface area contributed by atoms with Gasteiger partial charge in [-0.25, -0.2) is 0 Å². The average molecular weight is 369 g/mol. The van der Waals surface area contributed by atoms with E-state index >= 15 is 0 Å². The molecule has 4 aliphatic carbocycles. The van der Waals surface area contributed by atoms with Crippen LogP contribution in [-0.4, -0.2) is 11.2 Å². The van der Waals surface area contributed by atoms with Crippen molar-refractivity contribution in [1.29, 1.82) is 0 Å². The Morgan fingerprint density at radius 3 is 2.63 bits per heavy atom. The predicted molar refractivity (Wildman–Crippen MR) is 109 cm³/mol. The van der Waals surface area contributed by atoms with Crippen LogP contribution in [0, 0.1) is 41.4 Å². The number of aliphatic hydroxyl groups excluding tert-OH is 1. The maximum absolute atomic E-state index is 11.3. The first kappa shape index (κ1) is 18.0. The molecule has 27 heavy (non-hydrogen) atoms. The molecule has 0 bridgehead atoms. The van der Waals surface area contributed by atoms with E-state index in [2.05, 4.69) is 19.9 Å². The summed E-state index contributed by atoms with van der Waals surface area (Å²) in [5, 5.41) is 11.3. The quantitative estimate of drug-likeness (QED) is 0.624. The van der Waals surface area contributed by atoms with Gasteiger partial charge in [0.15, 0.2) is 0 Å². The predicted octanol–water partition coefficient (Wildman–Crippen LogP) is 6.38. The van der Waals surface area contributed by atoms with E-state index in [0.29, 0.717) is 11.3 Å². The smallest absolute Gasteiger partial charge is 0.127 e. The number of hydrogen-bond acceptors (Lipinski definition) is 2. The second-order valence-corrected chi connectivity index (χ2v) is 10.7. The van der Waals surface area contributed by atoms with Gasteiger partial charge in [-0.1, -0.05) is 26.7 Å². The molecule has 1 aromatic rings. The fraction of sp³-hybridized carbons (Fsp3) is 0.760. The highest BCUT2D eigenvalue weighted by molar-refractivity contribution is 5.51. The lowest BCUT2D eigenvalue weighted by Gasteiger charge is -2.60. The molecule has 7 atom stereocenters. The van der Waals surface area contributed by atoms with Crippen LogP contribution in [0.15, 0.2) is 22.1 Å². The van der Waals surface area contributed by atoms with Crippen LogP contribution >= 0.6 is 0 Å². The number of furan rings is 1. The highest BCUT2D eigenvalue weighted by Crippen LogP contribution is 2.67. The zero-order chi connectivity index (χ0) is 18.8. The molecule has 0 spiro atoms. The van der Waals surface area contributed by atoms with E-state index in [1.54, 1.807) is 0 Å². The molecule has 4 saturated carbocycles. The van der Waals surface area contributed by atoms with Crippen LogP contribution < -0.4 is 0 Å². The van der Waals surface area contributed by atoms with Gasteiger partial charge in [0.25, 0.3) is 0 Å². The minimum Gasteiger partial charge on any atom is -0.462 e. The summed E-state index contributed by atoms with van der Waals surface area (Å²) in [7, 11) is 0. The molecular weight excluding hydrogens is 332 g/mol. The van der Waals surface area contributed by atoms with Gasteiger partial charge in [-0.05, 0) is 105 Å². The summed E-state index contributed by atoms with van der Waals surface area (Å²) in [4.78, 5) is 0. The van der Waals surface area contributed by atoms with Crippen LogP contribution in [0.1, 0.15) is 83.2 Å². The van der Waals surface area contributed by atoms with Gasteiger partial charge < -0.3 is 9.52 Å². The van der Waals surface area contributed by atoms with Crippen molar-refractivity contribution < 1.29 is 9.52 Å². The van der Waals surface area contributed by atoms with Gasteiger partial charge in [0.2, 0.25) is 0 Å². The Kier molecular flexibility index (Phi) is 4.17. The summed E-state index contributed by atoms with van der Waals surface area (Å²) < 4.78 is 5.79. The monoisotopic (exact) mass is 368 g/mol. The Labute approximate surface area is 164 Å². The molecule has 4 fully saturated rings. The van der Waals surface area contributed by atoms with Crippen molar-refractivity contribution in [3.05, 3.63) is 29.2 Å². The number of aryl methyl sites for hydroxylation is 1. The van der Waals surface area contributed by atoms with Crippen LogP contribution in [0.25, 0.3) is 6.08 Å². The number of aliphatic hydroxyl groups is 1. The molecule has 2 nitrogen and oxygen atoms in total. The molecule has 148 valence electrons. The summed E-state index contributed by atoms with van der Waals surface area (Å²) in [6, 6.07) is 4.06. The Bertz CT molecular complexity index is 745. The summed E-state index contributed by atoms with van der Waals surface area (Å²) in [5.74, 6) is 5.15. The summed E-state index contributed by atoms with van der Waals surface area (Å²) in [5.41, 5.74) is 1.85. The van der Waals surface area contributed by atoms with E-state index in [-0.39, 0.29) is 11.5 Å². The normalized spacial score (nSPS) is 48.1. The van der Waals surface area contributed by atoms with Crippen molar-refractivity contribution in [3.8, 4) is 0 Å². The number of rotatable bonds is 1. The van der Waals surface area contributed by atoms with Crippen LogP contribution in [-0.2, 0) is 0 Å². The van der Waals surface area contributed by atoms with Crippen molar-refractivity contribution >= 4 is 6.08 Å². The first-order valence-corrected chi connectivity index (χ1v) is 11.4. The fourth-order valence-electron chi connectivity index (χ4n) is 8.01. The third-order valence-corrected chi connectivity index (χ3v) is 9.54. The Balaban J connectivity index is 1.45. The third kappa shape index (κ3) is 2.62. The second-order valence-electron chi connectivity index (χ2n) is 10.7. The molecule has 0 radical (unpaired) electrons. The van der Waals surface area contributed by atoms with Gasteiger partial charge in [-0.2, -0.15) is 0 Å². The third-order valence-electron chi connectivity index (χ3n) is 9.54. The molecule has 0 unspecified atom stereocenters. The second kappa shape index (κ2) is 6.24. The minimum atomic E-state index is -0.300. The molecule has 2 heteroatoms. The van der Waals surface area contributed by atoms with Crippen LogP contribution in [0.5, 0.6) is 0 Å². The van der Waals surface area contributed by atoms with Gasteiger partial charge in [-0.3, -0.25) is 0 Å². The summed E-state index contributed by atoms with van der Waals surface area (Å²) >= 11 is 0. The van der Waals surface area contributed by atoms with Crippen LogP contribution in [0.3, 0.4) is 0 Å². The van der Waals surface area contributed by atoms with Gasteiger partial charge in [0, 0.05) is 5.41 Å². The van der Waals surface area contributed by atoms with Crippen LogP contribution in [0.2, 0.25) is 0 Å². The number of fused-ring (bicyclic) bond motifs is 5. The standard InChI is InChI=1S/C25H36O2/c1-16-7-9-19(27-16)14-17-15-22-20-10-8-18-6-4-5-12-24(18,2)21(20)11-13-25(22,3)23(17)26/h7,9,14,18,20-23,26H,4-6,8,10-13,15H2,1-3H3/b17-14+/t18-,20+,21+,22+,23+,24-,25-/m0/s1. The van der Waals surface area contributed by atoms with Gasteiger partial charge in [-0.15, -0.1) is 0 Å². The molecule has 0 saturated heterocycles. The molecule has 1 heterocycles. The first-order chi connectivity index (χ1) is 12.9. The van der Waals surface area contributed by atoms with Crippen molar-refractivity contribution in [2.45, 2.75) is 84.7 Å². The van der Waals surface area contributed by atoms with Gasteiger partial charge in [0.1, 0.15) is 11.5 Å². The van der Waals surface area contributed by atoms with Crippen LogP contribution in [0.4, 0.5) is 0 Å². The van der Waals surface area contributed by atoms with Crippen molar-refractivity contribution in [1.82, 2.24) is 0 Å². The molecule has 5 rings (SSSR count). The molecule has 4 aliphatic rings. The lowest BCUT2D eigenvalue weighted by molar-refractivity contribution is -0.119. The summed E-state index contributed by atoms with van der Waals surface area (Å²) in [6.07, 6.45) is 14.0. The topological polar surface area (TPSA) is 33.4 Å². The lowest BCUT2D eigenvalue weighted by Crippen LogP contribution is -2.53. The summed E-state index contributed by atoms with van der Waals surface area (Å²) in [6.45, 7) is 6.99. The van der Waals surface area contributed by atoms with Gasteiger partial charge in [0.05, 0.1) is 6.10 Å². The average Bonchev–Trinajstić information content (AvgIpc) is 3.16. The van der Waals surface area contributed by atoms with E-state index in [9.17, 15) is 5.11 Å². The Hall–Kier alpha value is -1.02. The highest BCUT2D eigenvalue weighted by atomic mass is 16.3. The zero-order valence-corrected chi connectivity index (χ0v) is 17.3. The van der Waals surface area contributed by atoms with E-state index in [4.69, 9.17) is 4.42 Å². The molecule has 1 aromatic heterocycles. The maximum Gasteiger partial charge on any atom is 0.127 e. The van der Waals surface area contributed by atoms with Crippen molar-refractivity contribution in [2.75, 3.05) is 0 Å². The van der Waals surface area contributed by atoms with Crippen molar-refractivity contribution in [3.63, 3.8) is 0 Å². The lowest BCUT2D eigenvalue weighted by atomic mass is 9.45. The number of hydrogen-bond donors (Lipinski definition) is 1. The Morgan fingerprint density at radius 2 is 1.85 bits per heavy atom. The molecule has 0 aliphatic heterocycles. The van der Waals surface area contributed by atoms with E-state index < -0.39 is 0 Å². The van der Waals surface area contributed by atoms with E-state index in [1.165, 1.54) is 56.9 Å². The Morgan fingerprint density at radius 1 is 1.00 bits per heavy atom. The maximum atomic E-state index is 11.3. The highest BCUT2D eigenvalue weighted by Gasteiger charge is 2.60. The molecule has 0 aromatic carbocycles. The van der Waals surface area contributed by atoms with E-state index in [0.717, 1.165) is 35.7 Å². The fourth-order valence-corrected chi connectivity index (χ4v) is 8.01. The largest absolute Gasteiger partial charge is 0.462 e. The van der Waals surface area contributed by atoms with E-state index in [1.807, 2.05) is 19.1 Å². The SMILES string of the molecule is Cc1ccc(/C=C2\C[C@@H]3[C@@H]4CC[C@@H]5CCCC[C@]5(C)[C@@H]4CC[C@]3(C)[C@@H]2O)o1. The molecule has 0 amide bonds. The van der Waals surface area contributed by atoms with Gasteiger partial charge >= 0.3 is 0 Å². The zero-order valence-electron chi connectivity index (χ0n) is 17.3. The minimum absolute atomic E-state index is 0.0620. The van der Waals surface area contributed by atoms with Crippen molar-refractivity contribution in [2.24, 2.45) is 34.5 Å². The molecule has 1 N–H and O–H groups in total. The molecular formula is C25H36O2. The first-order valence-electron chi connectivity index (χ1n) is 11.4.